The molecule has 1 aliphatic carbocycles. The van der Waals surface area contributed by atoms with Crippen LogP contribution in [-0.4, -0.2) is 50.4 Å². The molecule has 1 aliphatic heterocycles. The highest BCUT2D eigenvalue weighted by atomic mass is 16.6. The minimum Gasteiger partial charge on any atom is -0.508 e. The number of phenolic OH excluding ortho intramolecular Hbond substituents is 1. The summed E-state index contributed by atoms with van der Waals surface area (Å²) in [6.45, 7) is 6.05. The molecule has 2 aliphatic rings. The quantitative estimate of drug-likeness (QED) is 0.360. The van der Waals surface area contributed by atoms with E-state index < -0.39 is 11.9 Å². The van der Waals surface area contributed by atoms with Crippen LogP contribution in [0.15, 0.2) is 65.0 Å². The van der Waals surface area contributed by atoms with Crippen molar-refractivity contribution in [2.45, 2.75) is 51.6 Å². The zero-order chi connectivity index (χ0) is 27.4. The fourth-order valence-corrected chi connectivity index (χ4v) is 5.15. The van der Waals surface area contributed by atoms with Crippen molar-refractivity contribution in [1.82, 2.24) is 5.32 Å². The van der Waals surface area contributed by atoms with Gasteiger partial charge in [-0.3, -0.25) is 4.79 Å². The third kappa shape index (κ3) is 5.70. The first-order chi connectivity index (χ1) is 18.2. The maximum atomic E-state index is 13.8. The van der Waals surface area contributed by atoms with Gasteiger partial charge in [0.05, 0.1) is 32.5 Å². The fourth-order valence-electron chi connectivity index (χ4n) is 5.15. The predicted octanol–water partition coefficient (Wildman–Crippen LogP) is 4.74. The maximum Gasteiger partial charge on any atom is 0.336 e. The van der Waals surface area contributed by atoms with Gasteiger partial charge < -0.3 is 29.4 Å². The van der Waals surface area contributed by atoms with Crippen molar-refractivity contribution in [3.05, 3.63) is 76.1 Å². The lowest BCUT2D eigenvalue weighted by Crippen LogP contribution is -2.36. The highest BCUT2D eigenvalue weighted by Crippen LogP contribution is 2.46. The number of rotatable bonds is 9. The zero-order valence-corrected chi connectivity index (χ0v) is 22.5. The minimum atomic E-state index is -0.607. The van der Waals surface area contributed by atoms with Crippen LogP contribution in [0.3, 0.4) is 0 Å². The Morgan fingerprint density at radius 1 is 1.00 bits per heavy atom. The van der Waals surface area contributed by atoms with Gasteiger partial charge in [0.1, 0.15) is 12.4 Å². The van der Waals surface area contributed by atoms with E-state index in [-0.39, 0.29) is 43.2 Å². The van der Waals surface area contributed by atoms with Gasteiger partial charge in [0, 0.05) is 29.3 Å². The van der Waals surface area contributed by atoms with Crippen molar-refractivity contribution >= 4 is 11.8 Å². The van der Waals surface area contributed by atoms with Gasteiger partial charge in [-0.1, -0.05) is 18.2 Å². The molecule has 0 bridgehead atoms. The molecule has 0 fully saturated rings. The molecule has 2 N–H and O–H groups in total. The molecule has 1 heterocycles. The van der Waals surface area contributed by atoms with Gasteiger partial charge in [-0.2, -0.15) is 0 Å². The van der Waals surface area contributed by atoms with Gasteiger partial charge in [0.25, 0.3) is 0 Å². The molecule has 0 unspecified atom stereocenters. The SMILES string of the molecule is COc1ccc([C@H]2CC(=O)C3=C(C2)NC(C)=C(C(=O)OCCOC(C)C)[C@@H]3c2ccc(O)cc2)cc1OC. The molecule has 0 saturated heterocycles. The third-order valence-electron chi connectivity index (χ3n) is 6.92. The Hall–Kier alpha value is -3.78. The van der Waals surface area contributed by atoms with E-state index in [1.165, 1.54) is 0 Å². The number of ketones is 1. The molecule has 0 aromatic heterocycles. The molecule has 0 amide bonds. The van der Waals surface area contributed by atoms with Gasteiger partial charge in [-0.15, -0.1) is 0 Å². The molecule has 202 valence electrons. The van der Waals surface area contributed by atoms with E-state index in [2.05, 4.69) is 5.32 Å². The minimum absolute atomic E-state index is 0.0296. The number of esters is 1. The van der Waals surface area contributed by atoms with Crippen LogP contribution in [0.25, 0.3) is 0 Å². The Labute approximate surface area is 223 Å². The van der Waals surface area contributed by atoms with Crippen LogP contribution in [0.2, 0.25) is 0 Å². The van der Waals surface area contributed by atoms with E-state index in [1.807, 2.05) is 39.0 Å². The molecular weight excluding hydrogens is 486 g/mol. The van der Waals surface area contributed by atoms with Crippen LogP contribution in [0, 0.1) is 0 Å². The number of dihydropyridines is 1. The lowest BCUT2D eigenvalue weighted by molar-refractivity contribution is -0.141. The summed E-state index contributed by atoms with van der Waals surface area (Å²) in [5.41, 5.74) is 4.08. The van der Waals surface area contributed by atoms with Crippen molar-refractivity contribution < 1.29 is 33.6 Å². The second-order valence-corrected chi connectivity index (χ2v) is 9.78. The molecule has 4 rings (SSSR count). The largest absolute Gasteiger partial charge is 0.508 e. The molecule has 2 atom stereocenters. The second-order valence-electron chi connectivity index (χ2n) is 9.78. The van der Waals surface area contributed by atoms with Crippen LogP contribution in [0.4, 0.5) is 0 Å². The van der Waals surface area contributed by atoms with Crippen molar-refractivity contribution in [3.63, 3.8) is 0 Å². The number of benzene rings is 2. The summed E-state index contributed by atoms with van der Waals surface area (Å²) in [6, 6.07) is 12.3. The number of carbonyl (C=O) groups is 2. The normalized spacial score (nSPS) is 19.3. The van der Waals surface area contributed by atoms with E-state index in [9.17, 15) is 14.7 Å². The van der Waals surface area contributed by atoms with E-state index in [0.29, 0.717) is 34.8 Å². The summed E-state index contributed by atoms with van der Waals surface area (Å²) >= 11 is 0. The number of hydrogen-bond donors (Lipinski definition) is 2. The monoisotopic (exact) mass is 521 g/mol. The van der Waals surface area contributed by atoms with Gasteiger partial charge >= 0.3 is 5.97 Å². The number of Topliss-reactive ketones (excluding diaryl/α,β-unsaturated/α-hetero) is 1. The molecular formula is C30H35NO7. The summed E-state index contributed by atoms with van der Waals surface area (Å²) in [5, 5.41) is 13.2. The fraction of sp³-hybridized carbons (Fsp3) is 0.400. The van der Waals surface area contributed by atoms with Crippen LogP contribution >= 0.6 is 0 Å². The Balaban J connectivity index is 1.68. The summed E-state index contributed by atoms with van der Waals surface area (Å²) in [6.07, 6.45) is 0.906. The molecule has 2 aromatic carbocycles. The highest BCUT2D eigenvalue weighted by Gasteiger charge is 2.41. The van der Waals surface area contributed by atoms with E-state index in [4.69, 9.17) is 18.9 Å². The Morgan fingerprint density at radius 3 is 2.34 bits per heavy atom. The van der Waals surface area contributed by atoms with E-state index in [1.54, 1.807) is 38.5 Å². The number of hydrogen-bond acceptors (Lipinski definition) is 8. The second kappa shape index (κ2) is 11.7. The topological polar surface area (TPSA) is 103 Å². The van der Waals surface area contributed by atoms with Crippen LogP contribution in [-0.2, 0) is 19.1 Å². The standard InChI is InChI=1S/C30H35NO7/c1-17(2)37-12-13-38-30(34)27-18(3)31-23-14-21(20-8-11-25(35-4)26(16-20)36-5)15-24(33)29(23)28(27)19-6-9-22(32)10-7-19/h6-11,16-17,21,28,31-32H,12-15H2,1-5H3/t21-,28+/m1/s1. The average molecular weight is 522 g/mol. The lowest BCUT2D eigenvalue weighted by atomic mass is 9.71. The number of methoxy groups -OCH3 is 2. The maximum absolute atomic E-state index is 13.8. The Morgan fingerprint density at radius 2 is 1.68 bits per heavy atom. The van der Waals surface area contributed by atoms with Crippen molar-refractivity contribution in [2.24, 2.45) is 0 Å². The first-order valence-electron chi connectivity index (χ1n) is 12.8. The summed E-state index contributed by atoms with van der Waals surface area (Å²) in [5.74, 6) is 0.128. The summed E-state index contributed by atoms with van der Waals surface area (Å²) < 4.78 is 21.9. The Bertz CT molecular complexity index is 1260. The number of carbonyl (C=O) groups excluding carboxylic acids is 2. The molecule has 38 heavy (non-hydrogen) atoms. The average Bonchev–Trinajstić information content (AvgIpc) is 2.90. The molecule has 0 spiro atoms. The number of phenols is 1. The smallest absolute Gasteiger partial charge is 0.336 e. The molecule has 8 heteroatoms. The summed E-state index contributed by atoms with van der Waals surface area (Å²) in [7, 11) is 3.17. The highest BCUT2D eigenvalue weighted by molar-refractivity contribution is 6.04. The van der Waals surface area contributed by atoms with Gasteiger partial charge in [0.2, 0.25) is 0 Å². The van der Waals surface area contributed by atoms with E-state index in [0.717, 1.165) is 16.8 Å². The first-order valence-corrected chi connectivity index (χ1v) is 12.8. The third-order valence-corrected chi connectivity index (χ3v) is 6.92. The van der Waals surface area contributed by atoms with Gasteiger partial charge in [0.15, 0.2) is 17.3 Å². The number of aromatic hydroxyl groups is 1. The summed E-state index contributed by atoms with van der Waals surface area (Å²) in [4.78, 5) is 27.1. The Kier molecular flexibility index (Phi) is 8.42. The molecule has 2 aromatic rings. The predicted molar refractivity (Wildman–Crippen MR) is 142 cm³/mol. The number of nitrogens with one attached hydrogen (secondary N) is 1. The lowest BCUT2D eigenvalue weighted by Gasteiger charge is -2.36. The molecule has 0 radical (unpaired) electrons. The number of allylic oxidation sites excluding steroid dienone is 3. The molecule has 8 nitrogen and oxygen atoms in total. The van der Waals surface area contributed by atoms with Crippen LogP contribution in [0.1, 0.15) is 56.6 Å². The van der Waals surface area contributed by atoms with Gasteiger partial charge in [-0.25, -0.2) is 4.79 Å². The van der Waals surface area contributed by atoms with Crippen LogP contribution in [0.5, 0.6) is 17.2 Å². The molecule has 0 saturated carbocycles. The van der Waals surface area contributed by atoms with Crippen molar-refractivity contribution in [2.75, 3.05) is 27.4 Å². The van der Waals surface area contributed by atoms with E-state index >= 15 is 0 Å². The van der Waals surface area contributed by atoms with Gasteiger partial charge in [-0.05, 0) is 68.5 Å². The zero-order valence-electron chi connectivity index (χ0n) is 22.5. The van der Waals surface area contributed by atoms with Crippen LogP contribution < -0.4 is 14.8 Å². The first kappa shape index (κ1) is 27.3. The number of ether oxygens (including phenoxy) is 4. The van der Waals surface area contributed by atoms with Crippen molar-refractivity contribution in [1.29, 1.82) is 0 Å². The van der Waals surface area contributed by atoms with Crippen molar-refractivity contribution in [3.8, 4) is 17.2 Å².